The van der Waals surface area contributed by atoms with Crippen molar-refractivity contribution in [1.29, 1.82) is 0 Å². The number of halogens is 1. The van der Waals surface area contributed by atoms with E-state index >= 15 is 0 Å². The summed E-state index contributed by atoms with van der Waals surface area (Å²) in [5.74, 6) is 1.63. The van der Waals surface area contributed by atoms with Crippen molar-refractivity contribution in [3.63, 3.8) is 0 Å². The number of alkyl halides is 1. The summed E-state index contributed by atoms with van der Waals surface area (Å²) in [6, 6.07) is 4.14. The fourth-order valence-corrected chi connectivity index (χ4v) is 2.18. The second-order valence-electron chi connectivity index (χ2n) is 5.31. The molecule has 0 saturated carbocycles. The highest BCUT2D eigenvalue weighted by Gasteiger charge is 2.25. The molecule has 1 aliphatic heterocycles. The van der Waals surface area contributed by atoms with E-state index in [1.54, 1.807) is 0 Å². The SMILES string of the molecule is CC1(C)CCN(c2ccc(CCl)cn2)CC1. The van der Waals surface area contributed by atoms with E-state index in [1.807, 2.05) is 6.20 Å². The Morgan fingerprint density at radius 2 is 2.00 bits per heavy atom. The lowest BCUT2D eigenvalue weighted by molar-refractivity contribution is 0.279. The summed E-state index contributed by atoms with van der Waals surface area (Å²) in [6.45, 7) is 6.91. The van der Waals surface area contributed by atoms with Gasteiger partial charge in [-0.1, -0.05) is 19.9 Å². The van der Waals surface area contributed by atoms with E-state index in [-0.39, 0.29) is 0 Å². The Bertz CT molecular complexity index is 335. The van der Waals surface area contributed by atoms with Crippen molar-refractivity contribution in [2.75, 3.05) is 18.0 Å². The zero-order chi connectivity index (χ0) is 11.6. The molecule has 1 fully saturated rings. The second-order valence-corrected chi connectivity index (χ2v) is 5.58. The van der Waals surface area contributed by atoms with Crippen LogP contribution in [-0.2, 0) is 5.88 Å². The summed E-state index contributed by atoms with van der Waals surface area (Å²) in [5.41, 5.74) is 1.58. The first kappa shape index (κ1) is 11.7. The molecule has 0 bridgehead atoms. The number of nitrogens with zero attached hydrogens (tertiary/aromatic N) is 2. The van der Waals surface area contributed by atoms with Gasteiger partial charge < -0.3 is 4.90 Å². The van der Waals surface area contributed by atoms with Crippen LogP contribution < -0.4 is 4.90 Å². The molecule has 0 atom stereocenters. The highest BCUT2D eigenvalue weighted by molar-refractivity contribution is 6.17. The van der Waals surface area contributed by atoms with E-state index in [1.165, 1.54) is 12.8 Å². The van der Waals surface area contributed by atoms with Crippen LogP contribution in [0.25, 0.3) is 0 Å². The van der Waals surface area contributed by atoms with E-state index in [0.29, 0.717) is 11.3 Å². The minimum absolute atomic E-state index is 0.493. The molecule has 3 heteroatoms. The predicted molar refractivity (Wildman–Crippen MR) is 69.0 cm³/mol. The normalized spacial score (nSPS) is 19.8. The first-order valence-corrected chi connectivity index (χ1v) is 6.40. The molecule has 0 N–H and O–H groups in total. The highest BCUT2D eigenvalue weighted by Crippen LogP contribution is 2.31. The third-order valence-corrected chi connectivity index (χ3v) is 3.71. The summed E-state index contributed by atoms with van der Waals surface area (Å²) < 4.78 is 0. The molecule has 0 amide bonds. The van der Waals surface area contributed by atoms with Crippen molar-refractivity contribution >= 4 is 17.4 Å². The Morgan fingerprint density at radius 3 is 2.50 bits per heavy atom. The molecule has 2 rings (SSSR count). The van der Waals surface area contributed by atoms with Gasteiger partial charge in [0.25, 0.3) is 0 Å². The Hall–Kier alpha value is -0.760. The number of piperidine rings is 1. The highest BCUT2D eigenvalue weighted by atomic mass is 35.5. The van der Waals surface area contributed by atoms with Gasteiger partial charge >= 0.3 is 0 Å². The van der Waals surface area contributed by atoms with E-state index in [0.717, 1.165) is 24.5 Å². The van der Waals surface area contributed by atoms with Crippen LogP contribution in [0.2, 0.25) is 0 Å². The van der Waals surface area contributed by atoms with Crippen LogP contribution in [-0.4, -0.2) is 18.1 Å². The minimum atomic E-state index is 0.493. The standard InChI is InChI=1S/C13H19ClN2/c1-13(2)5-7-16(8-6-13)12-4-3-11(9-14)10-15-12/h3-4,10H,5-9H2,1-2H3. The number of anilines is 1. The van der Waals surface area contributed by atoms with Crippen LogP contribution in [0, 0.1) is 5.41 Å². The van der Waals surface area contributed by atoms with Gasteiger partial charge in [0.2, 0.25) is 0 Å². The zero-order valence-corrected chi connectivity index (χ0v) is 10.8. The molecule has 0 unspecified atom stereocenters. The van der Waals surface area contributed by atoms with Crippen molar-refractivity contribution in [3.05, 3.63) is 23.9 Å². The summed E-state index contributed by atoms with van der Waals surface area (Å²) in [4.78, 5) is 6.83. The van der Waals surface area contributed by atoms with Crippen molar-refractivity contribution in [1.82, 2.24) is 4.98 Å². The van der Waals surface area contributed by atoms with Gasteiger partial charge in [-0.25, -0.2) is 4.98 Å². The first-order valence-electron chi connectivity index (χ1n) is 5.87. The smallest absolute Gasteiger partial charge is 0.128 e. The molecule has 0 radical (unpaired) electrons. The average Bonchev–Trinajstić information content (AvgIpc) is 2.29. The molecular weight excluding hydrogens is 220 g/mol. The number of hydrogen-bond acceptors (Lipinski definition) is 2. The Labute approximate surface area is 103 Å². The van der Waals surface area contributed by atoms with Gasteiger partial charge in [0.05, 0.1) is 0 Å². The van der Waals surface area contributed by atoms with Crippen molar-refractivity contribution in [2.24, 2.45) is 5.41 Å². The fourth-order valence-electron chi connectivity index (χ4n) is 2.02. The predicted octanol–water partition coefficient (Wildman–Crippen LogP) is 3.45. The molecule has 88 valence electrons. The largest absolute Gasteiger partial charge is 0.357 e. The molecule has 1 saturated heterocycles. The van der Waals surface area contributed by atoms with Crippen molar-refractivity contribution < 1.29 is 0 Å². The van der Waals surface area contributed by atoms with Crippen LogP contribution in [0.3, 0.4) is 0 Å². The van der Waals surface area contributed by atoms with Gasteiger partial charge in [-0.15, -0.1) is 11.6 Å². The maximum atomic E-state index is 5.75. The summed E-state index contributed by atoms with van der Waals surface area (Å²) in [7, 11) is 0. The van der Waals surface area contributed by atoms with Gasteiger partial charge in [0.15, 0.2) is 0 Å². The van der Waals surface area contributed by atoms with E-state index in [2.05, 4.69) is 35.9 Å². The van der Waals surface area contributed by atoms with Crippen LogP contribution >= 0.6 is 11.6 Å². The van der Waals surface area contributed by atoms with E-state index in [4.69, 9.17) is 11.6 Å². The molecule has 1 aromatic heterocycles. The molecule has 16 heavy (non-hydrogen) atoms. The first-order chi connectivity index (χ1) is 7.61. The third-order valence-electron chi connectivity index (χ3n) is 3.40. The summed E-state index contributed by atoms with van der Waals surface area (Å²) in [5, 5.41) is 0. The zero-order valence-electron chi connectivity index (χ0n) is 10.0. The number of pyridine rings is 1. The second kappa shape index (κ2) is 4.62. The van der Waals surface area contributed by atoms with Crippen LogP contribution in [0.5, 0.6) is 0 Å². The van der Waals surface area contributed by atoms with Crippen molar-refractivity contribution in [3.8, 4) is 0 Å². The Morgan fingerprint density at radius 1 is 1.31 bits per heavy atom. The van der Waals surface area contributed by atoms with Gasteiger partial charge in [0, 0.05) is 25.2 Å². The summed E-state index contributed by atoms with van der Waals surface area (Å²) >= 11 is 5.75. The monoisotopic (exact) mass is 238 g/mol. The molecule has 2 nitrogen and oxygen atoms in total. The van der Waals surface area contributed by atoms with Crippen molar-refractivity contribution in [2.45, 2.75) is 32.6 Å². The minimum Gasteiger partial charge on any atom is -0.357 e. The molecule has 0 aromatic carbocycles. The molecular formula is C13H19ClN2. The quantitative estimate of drug-likeness (QED) is 0.734. The number of hydrogen-bond donors (Lipinski definition) is 0. The molecule has 1 aliphatic rings. The summed E-state index contributed by atoms with van der Waals surface area (Å²) in [6.07, 6.45) is 4.36. The van der Waals surface area contributed by atoms with Crippen LogP contribution in [0.1, 0.15) is 32.3 Å². The van der Waals surface area contributed by atoms with Gasteiger partial charge in [-0.3, -0.25) is 0 Å². The maximum absolute atomic E-state index is 5.75. The Kier molecular flexibility index (Phi) is 3.38. The van der Waals surface area contributed by atoms with E-state index in [9.17, 15) is 0 Å². The van der Waals surface area contributed by atoms with Gasteiger partial charge in [-0.2, -0.15) is 0 Å². The third kappa shape index (κ3) is 2.67. The molecule has 0 spiro atoms. The van der Waals surface area contributed by atoms with Crippen LogP contribution in [0.4, 0.5) is 5.82 Å². The lowest BCUT2D eigenvalue weighted by Crippen LogP contribution is -2.37. The molecule has 2 heterocycles. The Balaban J connectivity index is 2.03. The average molecular weight is 239 g/mol. The van der Waals surface area contributed by atoms with Crippen LogP contribution in [0.15, 0.2) is 18.3 Å². The molecule has 0 aliphatic carbocycles. The number of aromatic nitrogens is 1. The fraction of sp³-hybridized carbons (Fsp3) is 0.615. The van der Waals surface area contributed by atoms with Gasteiger partial charge in [-0.05, 0) is 29.9 Å². The van der Waals surface area contributed by atoms with Gasteiger partial charge in [0.1, 0.15) is 5.82 Å². The topological polar surface area (TPSA) is 16.1 Å². The lowest BCUT2D eigenvalue weighted by Gasteiger charge is -2.37. The molecule has 1 aromatic rings. The lowest BCUT2D eigenvalue weighted by atomic mass is 9.83. The number of rotatable bonds is 2. The van der Waals surface area contributed by atoms with E-state index < -0.39 is 0 Å². The maximum Gasteiger partial charge on any atom is 0.128 e.